The second-order valence-corrected chi connectivity index (χ2v) is 4.63. The van der Waals surface area contributed by atoms with Crippen LogP contribution in [0.4, 0.5) is 0 Å². The summed E-state index contributed by atoms with van der Waals surface area (Å²) in [6, 6.07) is 13.8. The number of aliphatic hydroxyl groups excluding tert-OH is 1. The van der Waals surface area contributed by atoms with Crippen LogP contribution in [-0.2, 0) is 9.47 Å². The standard InChI is InChI=1S/C17H22O4/c1-3-19-17(20-4-2)15(18)12-21-16-11-7-9-13-8-5-6-10-14(13)16/h5-11,15,17-18H,3-4,12H2,1-2H3. The Morgan fingerprint density at radius 3 is 2.33 bits per heavy atom. The molecular formula is C17H22O4. The van der Waals surface area contributed by atoms with E-state index in [1.54, 1.807) is 0 Å². The van der Waals surface area contributed by atoms with Crippen molar-refractivity contribution in [3.63, 3.8) is 0 Å². The van der Waals surface area contributed by atoms with Crippen molar-refractivity contribution in [1.82, 2.24) is 0 Å². The van der Waals surface area contributed by atoms with E-state index in [0.717, 1.165) is 16.5 Å². The van der Waals surface area contributed by atoms with Gasteiger partial charge in [0.05, 0.1) is 0 Å². The summed E-state index contributed by atoms with van der Waals surface area (Å²) >= 11 is 0. The van der Waals surface area contributed by atoms with Gasteiger partial charge in [-0.15, -0.1) is 0 Å². The third-order valence-electron chi connectivity index (χ3n) is 3.14. The lowest BCUT2D eigenvalue weighted by atomic mass is 10.1. The van der Waals surface area contributed by atoms with E-state index in [0.29, 0.717) is 13.2 Å². The van der Waals surface area contributed by atoms with Gasteiger partial charge in [-0.05, 0) is 25.3 Å². The highest BCUT2D eigenvalue weighted by atomic mass is 16.7. The van der Waals surface area contributed by atoms with Crippen molar-refractivity contribution in [3.05, 3.63) is 42.5 Å². The molecule has 0 saturated carbocycles. The number of aliphatic hydroxyl groups is 1. The molecule has 0 aromatic heterocycles. The van der Waals surface area contributed by atoms with E-state index in [4.69, 9.17) is 14.2 Å². The zero-order valence-electron chi connectivity index (χ0n) is 12.5. The van der Waals surface area contributed by atoms with Crippen LogP contribution in [0, 0.1) is 0 Å². The minimum absolute atomic E-state index is 0.124. The average molecular weight is 290 g/mol. The maximum Gasteiger partial charge on any atom is 0.186 e. The van der Waals surface area contributed by atoms with Gasteiger partial charge < -0.3 is 19.3 Å². The number of ether oxygens (including phenoxy) is 3. The molecule has 1 unspecified atom stereocenters. The van der Waals surface area contributed by atoms with Gasteiger partial charge in [0.2, 0.25) is 0 Å². The summed E-state index contributed by atoms with van der Waals surface area (Å²) in [5.74, 6) is 0.749. The zero-order valence-corrected chi connectivity index (χ0v) is 12.5. The minimum atomic E-state index is -0.830. The first-order valence-corrected chi connectivity index (χ1v) is 7.28. The molecule has 4 heteroatoms. The molecular weight excluding hydrogens is 268 g/mol. The van der Waals surface area contributed by atoms with Crippen LogP contribution in [0.25, 0.3) is 10.8 Å². The summed E-state index contributed by atoms with van der Waals surface area (Å²) in [6.07, 6.45) is -1.49. The van der Waals surface area contributed by atoms with Crippen LogP contribution in [0.1, 0.15) is 13.8 Å². The molecule has 21 heavy (non-hydrogen) atoms. The summed E-state index contributed by atoms with van der Waals surface area (Å²) in [5.41, 5.74) is 0. The monoisotopic (exact) mass is 290 g/mol. The van der Waals surface area contributed by atoms with Gasteiger partial charge in [0.15, 0.2) is 6.29 Å². The molecule has 0 aliphatic rings. The van der Waals surface area contributed by atoms with Crippen LogP contribution in [0.15, 0.2) is 42.5 Å². The van der Waals surface area contributed by atoms with Crippen LogP contribution < -0.4 is 4.74 Å². The smallest absolute Gasteiger partial charge is 0.186 e. The third kappa shape index (κ3) is 4.17. The molecule has 0 aliphatic carbocycles. The van der Waals surface area contributed by atoms with Gasteiger partial charge >= 0.3 is 0 Å². The molecule has 1 N–H and O–H groups in total. The van der Waals surface area contributed by atoms with Crippen molar-refractivity contribution in [2.75, 3.05) is 19.8 Å². The van der Waals surface area contributed by atoms with E-state index in [9.17, 15) is 5.11 Å². The maximum absolute atomic E-state index is 10.1. The van der Waals surface area contributed by atoms with E-state index >= 15 is 0 Å². The molecule has 0 radical (unpaired) electrons. The number of rotatable bonds is 8. The van der Waals surface area contributed by atoms with Crippen molar-refractivity contribution in [2.24, 2.45) is 0 Å². The van der Waals surface area contributed by atoms with Crippen molar-refractivity contribution in [2.45, 2.75) is 26.2 Å². The summed E-state index contributed by atoms with van der Waals surface area (Å²) in [7, 11) is 0. The van der Waals surface area contributed by atoms with Crippen molar-refractivity contribution in [1.29, 1.82) is 0 Å². The molecule has 2 rings (SSSR count). The van der Waals surface area contributed by atoms with Crippen molar-refractivity contribution < 1.29 is 19.3 Å². The summed E-state index contributed by atoms with van der Waals surface area (Å²) in [5, 5.41) is 12.3. The van der Waals surface area contributed by atoms with Crippen LogP contribution in [0.3, 0.4) is 0 Å². The third-order valence-corrected chi connectivity index (χ3v) is 3.14. The molecule has 2 aromatic rings. The molecule has 114 valence electrons. The zero-order chi connectivity index (χ0) is 15.1. The largest absolute Gasteiger partial charge is 0.490 e. The lowest BCUT2D eigenvalue weighted by molar-refractivity contribution is -0.195. The molecule has 0 aliphatic heterocycles. The Hall–Kier alpha value is -1.62. The fraction of sp³-hybridized carbons (Fsp3) is 0.412. The van der Waals surface area contributed by atoms with Crippen LogP contribution >= 0.6 is 0 Å². The molecule has 0 saturated heterocycles. The first kappa shape index (κ1) is 15.8. The molecule has 0 amide bonds. The van der Waals surface area contributed by atoms with E-state index < -0.39 is 12.4 Å². The van der Waals surface area contributed by atoms with Gasteiger partial charge in [0, 0.05) is 18.6 Å². The predicted octanol–water partition coefficient (Wildman–Crippen LogP) is 2.98. The highest BCUT2D eigenvalue weighted by Crippen LogP contribution is 2.25. The van der Waals surface area contributed by atoms with Crippen LogP contribution in [0.5, 0.6) is 5.75 Å². The van der Waals surface area contributed by atoms with Gasteiger partial charge in [-0.3, -0.25) is 0 Å². The minimum Gasteiger partial charge on any atom is -0.490 e. The van der Waals surface area contributed by atoms with Crippen LogP contribution in [-0.4, -0.2) is 37.3 Å². The molecule has 2 aromatic carbocycles. The fourth-order valence-electron chi connectivity index (χ4n) is 2.17. The van der Waals surface area contributed by atoms with E-state index in [-0.39, 0.29) is 6.61 Å². The van der Waals surface area contributed by atoms with Gasteiger partial charge in [-0.2, -0.15) is 0 Å². The summed E-state index contributed by atoms with van der Waals surface area (Å²) in [6.45, 7) is 4.82. The van der Waals surface area contributed by atoms with Crippen LogP contribution in [0.2, 0.25) is 0 Å². The second kappa shape index (κ2) is 7.98. The average Bonchev–Trinajstić information content (AvgIpc) is 2.52. The quantitative estimate of drug-likeness (QED) is 0.759. The fourth-order valence-corrected chi connectivity index (χ4v) is 2.17. The number of fused-ring (bicyclic) bond motifs is 1. The normalized spacial score (nSPS) is 12.8. The molecule has 0 fully saturated rings. The van der Waals surface area contributed by atoms with E-state index in [2.05, 4.69) is 0 Å². The van der Waals surface area contributed by atoms with E-state index in [1.807, 2.05) is 56.3 Å². The first-order chi connectivity index (χ1) is 10.3. The first-order valence-electron chi connectivity index (χ1n) is 7.28. The predicted molar refractivity (Wildman–Crippen MR) is 82.5 cm³/mol. The molecule has 1 atom stereocenters. The second-order valence-electron chi connectivity index (χ2n) is 4.63. The Morgan fingerprint density at radius 1 is 0.952 bits per heavy atom. The highest BCUT2D eigenvalue weighted by Gasteiger charge is 2.20. The van der Waals surface area contributed by atoms with E-state index in [1.165, 1.54) is 0 Å². The summed E-state index contributed by atoms with van der Waals surface area (Å²) in [4.78, 5) is 0. The number of hydrogen-bond acceptors (Lipinski definition) is 4. The SMILES string of the molecule is CCOC(OCC)C(O)COc1cccc2ccccc12. The molecule has 0 bridgehead atoms. The van der Waals surface area contributed by atoms with Crippen molar-refractivity contribution >= 4 is 10.8 Å². The Balaban J connectivity index is 2.03. The molecule has 0 heterocycles. The number of benzene rings is 2. The van der Waals surface area contributed by atoms with Gasteiger partial charge in [0.25, 0.3) is 0 Å². The lowest BCUT2D eigenvalue weighted by Crippen LogP contribution is -2.36. The van der Waals surface area contributed by atoms with Gasteiger partial charge in [-0.25, -0.2) is 0 Å². The van der Waals surface area contributed by atoms with Crippen molar-refractivity contribution in [3.8, 4) is 5.75 Å². The topological polar surface area (TPSA) is 47.9 Å². The maximum atomic E-state index is 10.1. The van der Waals surface area contributed by atoms with Gasteiger partial charge in [-0.1, -0.05) is 36.4 Å². The molecule has 0 spiro atoms. The molecule has 4 nitrogen and oxygen atoms in total. The Labute approximate surface area is 125 Å². The highest BCUT2D eigenvalue weighted by molar-refractivity contribution is 5.88. The Morgan fingerprint density at radius 2 is 1.62 bits per heavy atom. The van der Waals surface area contributed by atoms with Gasteiger partial charge in [0.1, 0.15) is 18.5 Å². The number of hydrogen-bond donors (Lipinski definition) is 1. The Bertz CT molecular complexity index is 544. The summed E-state index contributed by atoms with van der Waals surface area (Å²) < 4.78 is 16.5. The Kier molecular flexibility index (Phi) is 5.99. The lowest BCUT2D eigenvalue weighted by Gasteiger charge is -2.22.